The van der Waals surface area contributed by atoms with Crippen LogP contribution >= 0.6 is 0 Å². The van der Waals surface area contributed by atoms with Crippen LogP contribution < -0.4 is 0 Å². The SMILES string of the molecule is N#Cc1ccc2c3ccccc3n(-c3cc(C#N)c(-c4cccnc4)cc3-n3c4ccccc4c4ccc(C#N)cc43)c2c1. The molecule has 6 nitrogen and oxygen atoms in total. The van der Waals surface area contributed by atoms with Crippen molar-refractivity contribution in [3.63, 3.8) is 0 Å². The summed E-state index contributed by atoms with van der Waals surface area (Å²) in [4.78, 5) is 4.34. The van der Waals surface area contributed by atoms with Gasteiger partial charge in [-0.1, -0.05) is 54.6 Å². The van der Waals surface area contributed by atoms with Crippen LogP contribution in [0.2, 0.25) is 0 Å². The molecule has 0 amide bonds. The zero-order valence-corrected chi connectivity index (χ0v) is 23.2. The van der Waals surface area contributed by atoms with Crippen molar-refractivity contribution < 1.29 is 0 Å². The minimum Gasteiger partial charge on any atom is -0.307 e. The maximum Gasteiger partial charge on any atom is 0.0999 e. The molecule has 5 aromatic carbocycles. The van der Waals surface area contributed by atoms with Crippen LogP contribution in [0, 0.1) is 34.0 Å². The Labute approximate surface area is 252 Å². The second-order valence-corrected chi connectivity index (χ2v) is 10.6. The first-order chi connectivity index (χ1) is 21.7. The molecule has 0 spiro atoms. The summed E-state index contributed by atoms with van der Waals surface area (Å²) in [6.45, 7) is 0. The second-order valence-electron chi connectivity index (χ2n) is 10.6. The van der Waals surface area contributed by atoms with Gasteiger partial charge in [0, 0.05) is 45.1 Å². The summed E-state index contributed by atoms with van der Waals surface area (Å²) in [6.07, 6.45) is 3.48. The van der Waals surface area contributed by atoms with Gasteiger partial charge in [-0.25, -0.2) is 0 Å². The number of rotatable bonds is 3. The maximum absolute atomic E-state index is 10.5. The fourth-order valence-corrected chi connectivity index (χ4v) is 6.39. The fourth-order valence-electron chi connectivity index (χ4n) is 6.39. The molecule has 0 aliphatic carbocycles. The molecule has 0 aliphatic heterocycles. The number of benzene rings is 5. The third-order valence-corrected chi connectivity index (χ3v) is 8.30. The zero-order valence-electron chi connectivity index (χ0n) is 23.2. The highest BCUT2D eigenvalue weighted by molar-refractivity contribution is 6.12. The Kier molecular flexibility index (Phi) is 5.53. The van der Waals surface area contributed by atoms with E-state index < -0.39 is 0 Å². The second kappa shape index (κ2) is 9.71. The van der Waals surface area contributed by atoms with Crippen molar-refractivity contribution in [1.29, 1.82) is 15.8 Å². The van der Waals surface area contributed by atoms with Crippen molar-refractivity contribution >= 4 is 43.6 Å². The third kappa shape index (κ3) is 3.61. The smallest absolute Gasteiger partial charge is 0.0999 e. The van der Waals surface area contributed by atoms with E-state index >= 15 is 0 Å². The van der Waals surface area contributed by atoms with E-state index in [-0.39, 0.29) is 0 Å². The summed E-state index contributed by atoms with van der Waals surface area (Å²) in [6, 6.07) is 42.6. The molecule has 0 radical (unpaired) electrons. The highest BCUT2D eigenvalue weighted by Crippen LogP contribution is 2.41. The molecule has 0 N–H and O–H groups in total. The summed E-state index contributed by atoms with van der Waals surface area (Å²) in [7, 11) is 0. The van der Waals surface area contributed by atoms with Gasteiger partial charge in [0.15, 0.2) is 0 Å². The molecule has 3 aromatic heterocycles. The third-order valence-electron chi connectivity index (χ3n) is 8.30. The van der Waals surface area contributed by atoms with Crippen LogP contribution in [0.25, 0.3) is 66.1 Å². The summed E-state index contributed by atoms with van der Waals surface area (Å²) in [5.41, 5.74) is 8.45. The van der Waals surface area contributed by atoms with Crippen LogP contribution in [-0.2, 0) is 0 Å². The predicted molar refractivity (Wildman–Crippen MR) is 172 cm³/mol. The van der Waals surface area contributed by atoms with E-state index in [0.29, 0.717) is 16.7 Å². The number of hydrogen-bond acceptors (Lipinski definition) is 4. The molecule has 6 heteroatoms. The van der Waals surface area contributed by atoms with Crippen LogP contribution in [-0.4, -0.2) is 14.1 Å². The minimum atomic E-state index is 0.498. The Morgan fingerprint density at radius 1 is 0.500 bits per heavy atom. The lowest BCUT2D eigenvalue weighted by molar-refractivity contribution is 1.09. The van der Waals surface area contributed by atoms with Gasteiger partial charge in [0.2, 0.25) is 0 Å². The van der Waals surface area contributed by atoms with Crippen molar-refractivity contribution in [3.8, 4) is 40.7 Å². The van der Waals surface area contributed by atoms with E-state index in [2.05, 4.69) is 56.6 Å². The summed E-state index contributed by atoms with van der Waals surface area (Å²) in [5, 5.41) is 34.3. The lowest BCUT2D eigenvalue weighted by atomic mass is 9.99. The molecular weight excluding hydrogens is 540 g/mol. The van der Waals surface area contributed by atoms with Crippen LogP contribution in [0.15, 0.2) is 122 Å². The largest absolute Gasteiger partial charge is 0.307 e. The monoisotopic (exact) mass is 560 g/mol. The number of aromatic nitrogens is 3. The van der Waals surface area contributed by atoms with Crippen LogP contribution in [0.4, 0.5) is 0 Å². The number of nitriles is 3. The molecular formula is C38H20N6. The van der Waals surface area contributed by atoms with E-state index in [1.807, 2.05) is 84.9 Å². The number of fused-ring (bicyclic) bond motifs is 6. The van der Waals surface area contributed by atoms with E-state index in [4.69, 9.17) is 0 Å². The van der Waals surface area contributed by atoms with E-state index in [1.54, 1.807) is 12.4 Å². The number of para-hydroxylation sites is 2. The molecule has 0 atom stereocenters. The average molecular weight is 561 g/mol. The molecule has 0 bridgehead atoms. The van der Waals surface area contributed by atoms with Gasteiger partial charge in [-0.3, -0.25) is 4.98 Å². The summed E-state index contributed by atoms with van der Waals surface area (Å²) in [5.74, 6) is 0. The van der Waals surface area contributed by atoms with Crippen LogP contribution in [0.5, 0.6) is 0 Å². The fraction of sp³-hybridized carbons (Fsp3) is 0. The van der Waals surface area contributed by atoms with Crippen molar-refractivity contribution in [2.75, 3.05) is 0 Å². The lowest BCUT2D eigenvalue weighted by Gasteiger charge is -2.19. The number of nitrogens with zero attached hydrogens (tertiary/aromatic N) is 6. The normalized spacial score (nSPS) is 11.1. The van der Waals surface area contributed by atoms with Crippen molar-refractivity contribution in [1.82, 2.24) is 14.1 Å². The first-order valence-corrected chi connectivity index (χ1v) is 14.1. The molecule has 0 aliphatic rings. The van der Waals surface area contributed by atoms with Gasteiger partial charge >= 0.3 is 0 Å². The standard InChI is InChI=1S/C38H20N6/c39-20-24-11-13-30-28-7-1-3-9-33(28)43(35(30)16-24)37-18-27(22-41)32(26-6-5-15-42-23-26)19-38(37)44-34-10-4-2-8-29(34)31-14-12-25(21-40)17-36(31)44/h1-19,23H. The van der Waals surface area contributed by atoms with Gasteiger partial charge in [0.05, 0.1) is 68.3 Å². The zero-order chi connectivity index (χ0) is 29.8. The lowest BCUT2D eigenvalue weighted by Crippen LogP contribution is -2.05. The first kappa shape index (κ1) is 25.1. The van der Waals surface area contributed by atoms with Crippen molar-refractivity contribution in [3.05, 3.63) is 138 Å². The first-order valence-electron chi connectivity index (χ1n) is 14.1. The van der Waals surface area contributed by atoms with Gasteiger partial charge in [0.25, 0.3) is 0 Å². The van der Waals surface area contributed by atoms with Gasteiger partial charge in [-0.15, -0.1) is 0 Å². The minimum absolute atomic E-state index is 0.498. The van der Waals surface area contributed by atoms with Crippen molar-refractivity contribution in [2.45, 2.75) is 0 Å². The molecule has 0 fully saturated rings. The molecule has 8 aromatic rings. The molecule has 3 heterocycles. The summed E-state index contributed by atoms with van der Waals surface area (Å²) >= 11 is 0. The maximum atomic E-state index is 10.5. The van der Waals surface area contributed by atoms with Gasteiger partial charge in [-0.05, 0) is 54.6 Å². The van der Waals surface area contributed by atoms with Gasteiger partial charge < -0.3 is 9.13 Å². The van der Waals surface area contributed by atoms with E-state index in [0.717, 1.165) is 66.1 Å². The van der Waals surface area contributed by atoms with Gasteiger partial charge in [-0.2, -0.15) is 15.8 Å². The molecule has 0 saturated carbocycles. The highest BCUT2D eigenvalue weighted by Gasteiger charge is 2.22. The summed E-state index contributed by atoms with van der Waals surface area (Å²) < 4.78 is 4.32. The van der Waals surface area contributed by atoms with E-state index in [9.17, 15) is 15.8 Å². The molecule has 202 valence electrons. The molecule has 44 heavy (non-hydrogen) atoms. The van der Waals surface area contributed by atoms with E-state index in [1.165, 1.54) is 0 Å². The van der Waals surface area contributed by atoms with Crippen LogP contribution in [0.1, 0.15) is 16.7 Å². The topological polar surface area (TPSA) is 94.1 Å². The molecule has 0 saturated heterocycles. The Balaban J connectivity index is 1.60. The molecule has 0 unspecified atom stereocenters. The Hall–Kier alpha value is -6.68. The Morgan fingerprint density at radius 3 is 1.57 bits per heavy atom. The quantitative estimate of drug-likeness (QED) is 0.216. The highest BCUT2D eigenvalue weighted by atomic mass is 15.1. The molecule has 8 rings (SSSR count). The van der Waals surface area contributed by atoms with Crippen LogP contribution in [0.3, 0.4) is 0 Å². The Bertz CT molecular complexity index is 2580. The number of pyridine rings is 1. The van der Waals surface area contributed by atoms with Gasteiger partial charge in [0.1, 0.15) is 0 Å². The predicted octanol–water partition coefficient (Wildman–Crippen LogP) is 8.56. The Morgan fingerprint density at radius 2 is 1.05 bits per heavy atom. The number of hydrogen-bond donors (Lipinski definition) is 0. The van der Waals surface area contributed by atoms with Crippen molar-refractivity contribution in [2.24, 2.45) is 0 Å². The average Bonchev–Trinajstić information content (AvgIpc) is 3.59.